The molecule has 4 aromatic rings. The summed E-state index contributed by atoms with van der Waals surface area (Å²) in [6.45, 7) is 7.11. The number of alkyl halides is 3. The lowest BCUT2D eigenvalue weighted by Crippen LogP contribution is -2.05. The Balaban J connectivity index is 1.82. The fraction of sp³-hybridized carbons (Fsp3) is 0.111. The van der Waals surface area contributed by atoms with Crippen LogP contribution >= 0.6 is 0 Å². The second-order valence-corrected chi connectivity index (χ2v) is 5.99. The number of aryl methyl sites for hydroxylation is 1. The van der Waals surface area contributed by atoms with E-state index >= 15 is 0 Å². The van der Waals surface area contributed by atoms with Crippen LogP contribution in [0.2, 0.25) is 0 Å². The highest BCUT2D eigenvalue weighted by atomic mass is 19.4. The van der Waals surface area contributed by atoms with Gasteiger partial charge in [-0.2, -0.15) is 13.2 Å². The second-order valence-electron chi connectivity index (χ2n) is 5.99. The summed E-state index contributed by atoms with van der Waals surface area (Å²) in [5, 5.41) is 3.71. The number of rotatable bonds is 2. The van der Waals surface area contributed by atoms with Gasteiger partial charge in [0, 0.05) is 24.1 Å². The van der Waals surface area contributed by atoms with Gasteiger partial charge in [-0.3, -0.25) is 0 Å². The molecule has 0 radical (unpaired) electrons. The van der Waals surface area contributed by atoms with Crippen molar-refractivity contribution in [1.29, 1.82) is 0 Å². The van der Waals surface area contributed by atoms with E-state index in [4.69, 9.17) is 6.57 Å². The van der Waals surface area contributed by atoms with E-state index in [0.29, 0.717) is 22.8 Å². The first-order valence-electron chi connectivity index (χ1n) is 7.76. The second kappa shape index (κ2) is 5.74. The zero-order valence-corrected chi connectivity index (χ0v) is 13.8. The van der Waals surface area contributed by atoms with Gasteiger partial charge in [-0.1, -0.05) is 6.07 Å². The smallest absolute Gasteiger partial charge is 0.359 e. The topological polar surface area (TPSA) is 50.0 Å². The Morgan fingerprint density at radius 3 is 2.70 bits per heavy atom. The molecule has 2 aromatic carbocycles. The van der Waals surface area contributed by atoms with Gasteiger partial charge in [-0.25, -0.2) is 14.2 Å². The summed E-state index contributed by atoms with van der Waals surface area (Å²) < 4.78 is 54.3. The van der Waals surface area contributed by atoms with Gasteiger partial charge < -0.3 is 14.9 Å². The lowest BCUT2D eigenvalue weighted by molar-refractivity contribution is -0.137. The Labute approximate surface area is 150 Å². The fourth-order valence-corrected chi connectivity index (χ4v) is 2.97. The third-order valence-electron chi connectivity index (χ3n) is 4.29. The van der Waals surface area contributed by atoms with Gasteiger partial charge in [-0.05, 0) is 24.3 Å². The normalized spacial score (nSPS) is 11.9. The van der Waals surface area contributed by atoms with Crippen molar-refractivity contribution in [2.45, 2.75) is 6.18 Å². The van der Waals surface area contributed by atoms with Gasteiger partial charge in [0.2, 0.25) is 5.95 Å². The zero-order valence-electron chi connectivity index (χ0n) is 13.8. The lowest BCUT2D eigenvalue weighted by atomic mass is 10.2. The molecule has 2 N–H and O–H groups in total. The van der Waals surface area contributed by atoms with Crippen LogP contribution < -0.4 is 5.32 Å². The Hall–Kier alpha value is -3.54. The molecule has 0 fully saturated rings. The molecule has 0 saturated heterocycles. The quantitative estimate of drug-likeness (QED) is 0.360. The molecular formula is C18H11F4N5. The van der Waals surface area contributed by atoms with Crippen LogP contribution in [0.1, 0.15) is 5.56 Å². The molecule has 0 aliphatic rings. The number of imidazole rings is 1. The van der Waals surface area contributed by atoms with Crippen molar-refractivity contribution in [3.8, 4) is 0 Å². The van der Waals surface area contributed by atoms with Crippen LogP contribution in [-0.2, 0) is 13.2 Å². The molecule has 0 aliphatic carbocycles. The Kier molecular flexibility index (Phi) is 3.59. The van der Waals surface area contributed by atoms with Crippen molar-refractivity contribution in [2.75, 3.05) is 5.32 Å². The molecule has 2 heterocycles. The van der Waals surface area contributed by atoms with Crippen molar-refractivity contribution in [1.82, 2.24) is 14.5 Å². The van der Waals surface area contributed by atoms with Gasteiger partial charge in [0.15, 0.2) is 5.69 Å². The van der Waals surface area contributed by atoms with Crippen LogP contribution in [0.15, 0.2) is 36.5 Å². The molecule has 0 unspecified atom stereocenters. The number of benzene rings is 2. The van der Waals surface area contributed by atoms with E-state index in [9.17, 15) is 17.6 Å². The Morgan fingerprint density at radius 2 is 2.00 bits per heavy atom. The third-order valence-corrected chi connectivity index (χ3v) is 4.29. The average molecular weight is 373 g/mol. The lowest BCUT2D eigenvalue weighted by Gasteiger charge is -2.07. The summed E-state index contributed by atoms with van der Waals surface area (Å²) in [5.41, 5.74) is 0.558. The number of hydrogen-bond acceptors (Lipinski definition) is 2. The van der Waals surface area contributed by atoms with Crippen molar-refractivity contribution in [3.05, 3.63) is 59.3 Å². The van der Waals surface area contributed by atoms with Gasteiger partial charge in [0.05, 0.1) is 23.3 Å². The molecule has 9 heteroatoms. The van der Waals surface area contributed by atoms with Crippen LogP contribution in [-0.4, -0.2) is 14.5 Å². The molecule has 0 atom stereocenters. The van der Waals surface area contributed by atoms with E-state index in [-0.39, 0.29) is 17.0 Å². The molecule has 5 nitrogen and oxygen atoms in total. The first-order valence-corrected chi connectivity index (χ1v) is 7.76. The summed E-state index contributed by atoms with van der Waals surface area (Å²) in [6.07, 6.45) is -3.01. The van der Waals surface area contributed by atoms with Crippen LogP contribution in [0.4, 0.5) is 34.9 Å². The maximum atomic E-state index is 14.3. The van der Waals surface area contributed by atoms with Crippen LogP contribution in [0.25, 0.3) is 26.8 Å². The minimum Gasteiger partial charge on any atom is -0.359 e. The highest BCUT2D eigenvalue weighted by Gasteiger charge is 2.32. The van der Waals surface area contributed by atoms with Crippen molar-refractivity contribution < 1.29 is 17.6 Å². The molecule has 0 saturated carbocycles. The number of fused-ring (bicyclic) bond motifs is 2. The Bertz CT molecular complexity index is 1230. The Morgan fingerprint density at radius 1 is 1.22 bits per heavy atom. The van der Waals surface area contributed by atoms with Gasteiger partial charge in [0.1, 0.15) is 11.3 Å². The van der Waals surface area contributed by atoms with E-state index in [0.717, 1.165) is 11.6 Å². The van der Waals surface area contributed by atoms with E-state index in [1.165, 1.54) is 11.6 Å². The number of halogens is 4. The number of aromatic nitrogens is 3. The van der Waals surface area contributed by atoms with Crippen molar-refractivity contribution >= 4 is 39.3 Å². The minimum atomic E-state index is -4.66. The molecule has 0 spiro atoms. The maximum Gasteiger partial charge on any atom is 0.416 e. The van der Waals surface area contributed by atoms with Crippen LogP contribution in [0.5, 0.6) is 0 Å². The number of nitrogens with one attached hydrogen (secondary N) is 2. The zero-order chi connectivity index (χ0) is 19.3. The predicted octanol–water partition coefficient (Wildman–Crippen LogP) is 5.51. The molecule has 27 heavy (non-hydrogen) atoms. The van der Waals surface area contributed by atoms with E-state index in [1.54, 1.807) is 24.4 Å². The summed E-state index contributed by atoms with van der Waals surface area (Å²) in [6, 6.07) is 6.36. The van der Waals surface area contributed by atoms with Crippen LogP contribution in [0.3, 0.4) is 0 Å². The van der Waals surface area contributed by atoms with E-state index in [2.05, 4.69) is 20.1 Å². The number of anilines is 2. The number of nitrogens with zero attached hydrogens (tertiary/aromatic N) is 3. The summed E-state index contributed by atoms with van der Waals surface area (Å²) >= 11 is 0. The first-order chi connectivity index (χ1) is 12.8. The van der Waals surface area contributed by atoms with Crippen LogP contribution in [0, 0.1) is 12.4 Å². The number of hydrogen-bond donors (Lipinski definition) is 2. The predicted molar refractivity (Wildman–Crippen MR) is 93.5 cm³/mol. The molecule has 0 bridgehead atoms. The standard InChI is InChI=1S/C18H11F4N5/c1-23-10-3-4-13-11(7-10)15(8-24-13)26-17-25-14-6-9(18(20,21)22)5-12(19)16(14)27(17)2/h3-8,24H,2H3,(H,25,26). The summed E-state index contributed by atoms with van der Waals surface area (Å²) in [5.74, 6) is -0.825. The summed E-state index contributed by atoms with van der Waals surface area (Å²) in [4.78, 5) is 10.5. The monoisotopic (exact) mass is 373 g/mol. The van der Waals surface area contributed by atoms with Gasteiger partial charge in [-0.15, -0.1) is 0 Å². The number of aromatic amines is 1. The van der Waals surface area contributed by atoms with E-state index < -0.39 is 17.6 Å². The minimum absolute atomic E-state index is 0.0350. The van der Waals surface area contributed by atoms with E-state index in [1.807, 2.05) is 0 Å². The average Bonchev–Trinajstić information content (AvgIpc) is 3.15. The van der Waals surface area contributed by atoms with Crippen molar-refractivity contribution in [3.63, 3.8) is 0 Å². The summed E-state index contributed by atoms with van der Waals surface area (Å²) in [7, 11) is 1.51. The molecular weight excluding hydrogens is 362 g/mol. The highest BCUT2D eigenvalue weighted by molar-refractivity contribution is 5.96. The molecule has 2 aromatic heterocycles. The van der Waals surface area contributed by atoms with Gasteiger partial charge in [0.25, 0.3) is 0 Å². The molecule has 136 valence electrons. The van der Waals surface area contributed by atoms with Gasteiger partial charge >= 0.3 is 6.18 Å². The first kappa shape index (κ1) is 16.9. The molecule has 0 amide bonds. The SMILES string of the molecule is [C-]#[N+]c1ccc2[nH]cc(Nc3nc4cc(C(F)(F)F)cc(F)c4n3C)c2c1. The molecule has 0 aliphatic heterocycles. The third kappa shape index (κ3) is 2.75. The highest BCUT2D eigenvalue weighted by Crippen LogP contribution is 2.35. The number of H-pyrrole nitrogens is 1. The van der Waals surface area contributed by atoms with Crippen molar-refractivity contribution in [2.24, 2.45) is 7.05 Å². The fourth-order valence-electron chi connectivity index (χ4n) is 2.97. The molecule has 4 rings (SSSR count). The largest absolute Gasteiger partial charge is 0.416 e. The maximum absolute atomic E-state index is 14.3.